The lowest BCUT2D eigenvalue weighted by Gasteiger charge is -2.29. The van der Waals surface area contributed by atoms with Gasteiger partial charge in [0.15, 0.2) is 9.84 Å². The molecule has 32 heavy (non-hydrogen) atoms. The van der Waals surface area contributed by atoms with Gasteiger partial charge in [0.1, 0.15) is 5.75 Å². The standard InChI is InChI=1S/C22H26F3NO5S/c1-32(29,30)18-7-5-17(6-8-18)31-14-21(10-19(27)20(28)11-21)13-26-12-15-3-2-4-16(9-15)22(23,24)25/h2-9,19-20,26-28H,10-14H2,1H3/t19-,20+,21?. The zero-order valence-corrected chi connectivity index (χ0v) is 18.3. The second kappa shape index (κ2) is 9.38. The molecule has 176 valence electrons. The molecule has 3 rings (SSSR count). The Morgan fingerprint density at radius 3 is 2.28 bits per heavy atom. The molecule has 3 N–H and O–H groups in total. The first-order valence-corrected chi connectivity index (χ1v) is 11.9. The summed E-state index contributed by atoms with van der Waals surface area (Å²) in [4.78, 5) is 0.161. The maximum absolute atomic E-state index is 12.9. The molecule has 6 nitrogen and oxygen atoms in total. The third kappa shape index (κ3) is 6.22. The average Bonchev–Trinajstić information content (AvgIpc) is 2.99. The normalized spacial score (nSPS) is 23.9. The summed E-state index contributed by atoms with van der Waals surface area (Å²) in [6.07, 6.45) is -4.66. The number of ether oxygens (including phenoxy) is 1. The first kappa shape index (κ1) is 24.5. The number of sulfone groups is 1. The van der Waals surface area contributed by atoms with Crippen LogP contribution in [-0.4, -0.2) is 50.2 Å². The van der Waals surface area contributed by atoms with Crippen LogP contribution in [0.15, 0.2) is 53.4 Å². The topological polar surface area (TPSA) is 95.9 Å². The van der Waals surface area contributed by atoms with E-state index < -0.39 is 39.2 Å². The summed E-state index contributed by atoms with van der Waals surface area (Å²) in [5, 5.41) is 23.3. The summed E-state index contributed by atoms with van der Waals surface area (Å²) in [7, 11) is -3.33. The van der Waals surface area contributed by atoms with Crippen molar-refractivity contribution in [2.24, 2.45) is 5.41 Å². The molecule has 0 radical (unpaired) electrons. The summed E-state index contributed by atoms with van der Waals surface area (Å²) in [5.41, 5.74) is -0.902. The van der Waals surface area contributed by atoms with Crippen molar-refractivity contribution in [2.45, 2.75) is 42.7 Å². The molecule has 0 heterocycles. The molecule has 1 aliphatic rings. The Balaban J connectivity index is 1.65. The third-order valence-electron chi connectivity index (χ3n) is 5.61. The Morgan fingerprint density at radius 1 is 1.09 bits per heavy atom. The predicted octanol–water partition coefficient (Wildman–Crippen LogP) is 2.78. The van der Waals surface area contributed by atoms with E-state index >= 15 is 0 Å². The SMILES string of the molecule is CS(=O)(=O)c1ccc(OCC2(CNCc3cccc(C(F)(F)F)c3)C[C@@H](O)[C@@H](O)C2)cc1. The lowest BCUT2D eigenvalue weighted by atomic mass is 9.86. The van der Waals surface area contributed by atoms with Crippen LogP contribution in [0.4, 0.5) is 13.2 Å². The maximum atomic E-state index is 12.9. The molecule has 10 heteroatoms. The number of rotatable bonds is 8. The fraction of sp³-hybridized carbons (Fsp3) is 0.455. The molecule has 0 bridgehead atoms. The highest BCUT2D eigenvalue weighted by Crippen LogP contribution is 2.39. The van der Waals surface area contributed by atoms with Gasteiger partial charge in [-0.3, -0.25) is 0 Å². The summed E-state index contributed by atoms with van der Waals surface area (Å²) in [6.45, 7) is 0.620. The Kier molecular flexibility index (Phi) is 7.18. The maximum Gasteiger partial charge on any atom is 0.416 e. The van der Waals surface area contributed by atoms with Gasteiger partial charge in [-0.05, 0) is 48.7 Å². The molecule has 0 spiro atoms. The van der Waals surface area contributed by atoms with Crippen molar-refractivity contribution in [2.75, 3.05) is 19.4 Å². The molecule has 2 aromatic rings. The minimum atomic E-state index is -4.42. The molecule has 3 atom stereocenters. The molecule has 0 amide bonds. The number of benzene rings is 2. The molecule has 0 aromatic heterocycles. The Labute approximate surface area is 185 Å². The van der Waals surface area contributed by atoms with E-state index in [2.05, 4.69) is 5.32 Å². The highest BCUT2D eigenvalue weighted by Gasteiger charge is 2.44. The van der Waals surface area contributed by atoms with Crippen molar-refractivity contribution in [1.82, 2.24) is 5.32 Å². The average molecular weight is 474 g/mol. The van der Waals surface area contributed by atoms with Crippen LogP contribution < -0.4 is 10.1 Å². The molecule has 1 aliphatic carbocycles. The van der Waals surface area contributed by atoms with E-state index in [1.807, 2.05) is 0 Å². The van der Waals surface area contributed by atoms with Gasteiger partial charge in [-0.25, -0.2) is 8.42 Å². The largest absolute Gasteiger partial charge is 0.493 e. The number of aliphatic hydroxyl groups excluding tert-OH is 2. The van der Waals surface area contributed by atoms with Gasteiger partial charge in [-0.15, -0.1) is 0 Å². The third-order valence-corrected chi connectivity index (χ3v) is 6.74. The lowest BCUT2D eigenvalue weighted by Crippen LogP contribution is -2.38. The summed E-state index contributed by atoms with van der Waals surface area (Å²) < 4.78 is 67.7. The highest BCUT2D eigenvalue weighted by molar-refractivity contribution is 7.90. The van der Waals surface area contributed by atoms with Gasteiger partial charge in [0.05, 0.1) is 29.3 Å². The molecular formula is C22H26F3NO5S. The molecule has 2 aromatic carbocycles. The van der Waals surface area contributed by atoms with Gasteiger partial charge in [-0.1, -0.05) is 18.2 Å². The zero-order chi connectivity index (χ0) is 23.6. The zero-order valence-electron chi connectivity index (χ0n) is 17.5. The predicted molar refractivity (Wildman–Crippen MR) is 112 cm³/mol. The molecule has 1 saturated carbocycles. The first-order chi connectivity index (χ1) is 14.9. The van der Waals surface area contributed by atoms with Crippen LogP contribution in [0, 0.1) is 5.41 Å². The van der Waals surface area contributed by atoms with Crippen LogP contribution in [0.1, 0.15) is 24.0 Å². The monoisotopic (exact) mass is 473 g/mol. The minimum Gasteiger partial charge on any atom is -0.493 e. The first-order valence-electron chi connectivity index (χ1n) is 10.0. The second-order valence-corrected chi connectivity index (χ2v) is 10.4. The highest BCUT2D eigenvalue weighted by atomic mass is 32.2. The Morgan fingerprint density at radius 2 is 1.72 bits per heavy atom. The quantitative estimate of drug-likeness (QED) is 0.546. The number of halogens is 3. The van der Waals surface area contributed by atoms with Crippen LogP contribution in [0.5, 0.6) is 5.75 Å². The van der Waals surface area contributed by atoms with E-state index in [0.29, 0.717) is 17.9 Å². The van der Waals surface area contributed by atoms with Crippen molar-refractivity contribution in [1.29, 1.82) is 0 Å². The molecule has 0 saturated heterocycles. The summed E-state index contributed by atoms with van der Waals surface area (Å²) in [6, 6.07) is 11.0. The lowest BCUT2D eigenvalue weighted by molar-refractivity contribution is -0.137. The van der Waals surface area contributed by atoms with E-state index in [0.717, 1.165) is 18.4 Å². The van der Waals surface area contributed by atoms with Crippen molar-refractivity contribution >= 4 is 9.84 Å². The fourth-order valence-electron chi connectivity index (χ4n) is 3.91. The van der Waals surface area contributed by atoms with Crippen molar-refractivity contribution in [3.8, 4) is 5.75 Å². The van der Waals surface area contributed by atoms with E-state index in [9.17, 15) is 31.8 Å². The number of alkyl halides is 3. The number of aliphatic hydroxyl groups is 2. The second-order valence-electron chi connectivity index (χ2n) is 8.38. The number of nitrogens with one attached hydrogen (secondary N) is 1. The van der Waals surface area contributed by atoms with Crippen molar-refractivity contribution in [3.05, 3.63) is 59.7 Å². The van der Waals surface area contributed by atoms with Gasteiger partial charge in [0.2, 0.25) is 0 Å². The van der Waals surface area contributed by atoms with Crippen molar-refractivity contribution in [3.63, 3.8) is 0 Å². The fourth-order valence-corrected chi connectivity index (χ4v) is 4.54. The van der Waals surface area contributed by atoms with E-state index in [1.54, 1.807) is 6.07 Å². The van der Waals surface area contributed by atoms with Gasteiger partial charge < -0.3 is 20.3 Å². The minimum absolute atomic E-state index is 0.134. The van der Waals surface area contributed by atoms with Crippen LogP contribution >= 0.6 is 0 Å². The van der Waals surface area contributed by atoms with Gasteiger partial charge in [0.25, 0.3) is 0 Å². The van der Waals surface area contributed by atoms with E-state index in [1.165, 1.54) is 30.3 Å². The number of hydrogen-bond donors (Lipinski definition) is 3. The molecule has 1 unspecified atom stereocenters. The molecule has 1 fully saturated rings. The van der Waals surface area contributed by atoms with Gasteiger partial charge >= 0.3 is 6.18 Å². The van der Waals surface area contributed by atoms with Crippen LogP contribution in [0.3, 0.4) is 0 Å². The van der Waals surface area contributed by atoms with Gasteiger partial charge in [0, 0.05) is 24.8 Å². The van der Waals surface area contributed by atoms with E-state index in [-0.39, 0.29) is 30.9 Å². The van der Waals surface area contributed by atoms with Crippen molar-refractivity contribution < 1.29 is 36.5 Å². The van der Waals surface area contributed by atoms with Crippen LogP contribution in [-0.2, 0) is 22.6 Å². The Bertz CT molecular complexity index is 1010. The van der Waals surface area contributed by atoms with E-state index in [4.69, 9.17) is 4.74 Å². The molecule has 0 aliphatic heterocycles. The molecular weight excluding hydrogens is 447 g/mol. The smallest absolute Gasteiger partial charge is 0.416 e. The van der Waals surface area contributed by atoms with Gasteiger partial charge in [-0.2, -0.15) is 13.2 Å². The van der Waals surface area contributed by atoms with Crippen LogP contribution in [0.2, 0.25) is 0 Å². The summed E-state index contributed by atoms with van der Waals surface area (Å²) in [5.74, 6) is 0.436. The Hall–Kier alpha value is -2.14. The summed E-state index contributed by atoms with van der Waals surface area (Å²) >= 11 is 0. The number of hydrogen-bond acceptors (Lipinski definition) is 6. The van der Waals surface area contributed by atoms with Crippen LogP contribution in [0.25, 0.3) is 0 Å².